The number of carbonyl (C=O) groups is 1. The zero-order chi connectivity index (χ0) is 13.0. The van der Waals surface area contributed by atoms with E-state index in [1.165, 1.54) is 29.5 Å². The molecule has 1 aromatic carbocycles. The fraction of sp³-hybridized carbons (Fsp3) is 0.143. The van der Waals surface area contributed by atoms with Crippen molar-refractivity contribution in [3.8, 4) is 0 Å². The molecule has 1 heterocycles. The molecule has 92 valence electrons. The second-order valence-electron chi connectivity index (χ2n) is 4.01. The quantitative estimate of drug-likeness (QED) is 0.865. The monoisotopic (exact) mass is 242 g/mol. The summed E-state index contributed by atoms with van der Waals surface area (Å²) in [6, 6.07) is 11.0. The SMILES string of the molecule is Cc1ccccc1CNc1cc(C(=O)O)ccn1. The first-order valence-electron chi connectivity index (χ1n) is 5.64. The summed E-state index contributed by atoms with van der Waals surface area (Å²) >= 11 is 0. The van der Waals surface area contributed by atoms with Crippen molar-refractivity contribution in [2.24, 2.45) is 0 Å². The van der Waals surface area contributed by atoms with Crippen LogP contribution in [0, 0.1) is 6.92 Å². The molecule has 0 fully saturated rings. The molecule has 0 saturated carbocycles. The van der Waals surface area contributed by atoms with Crippen molar-refractivity contribution < 1.29 is 9.90 Å². The molecule has 18 heavy (non-hydrogen) atoms. The third kappa shape index (κ3) is 2.85. The second-order valence-corrected chi connectivity index (χ2v) is 4.01. The smallest absolute Gasteiger partial charge is 0.335 e. The molecular formula is C14H14N2O2. The molecule has 0 aliphatic heterocycles. The molecule has 0 radical (unpaired) electrons. The van der Waals surface area contributed by atoms with Gasteiger partial charge in [-0.3, -0.25) is 0 Å². The number of anilines is 1. The first-order valence-corrected chi connectivity index (χ1v) is 5.64. The van der Waals surface area contributed by atoms with E-state index < -0.39 is 5.97 Å². The number of hydrogen-bond acceptors (Lipinski definition) is 3. The number of pyridine rings is 1. The van der Waals surface area contributed by atoms with Gasteiger partial charge in [0.2, 0.25) is 0 Å². The lowest BCUT2D eigenvalue weighted by Crippen LogP contribution is -2.04. The van der Waals surface area contributed by atoms with Gasteiger partial charge in [0.1, 0.15) is 5.82 Å². The van der Waals surface area contributed by atoms with Crippen molar-refractivity contribution in [1.29, 1.82) is 0 Å². The van der Waals surface area contributed by atoms with Crippen LogP contribution in [0.5, 0.6) is 0 Å². The van der Waals surface area contributed by atoms with Gasteiger partial charge in [0.05, 0.1) is 5.56 Å². The number of carboxylic acid groups (broad SMARTS) is 1. The van der Waals surface area contributed by atoms with Crippen molar-refractivity contribution in [3.05, 3.63) is 59.3 Å². The maximum Gasteiger partial charge on any atom is 0.335 e. The molecule has 0 amide bonds. The molecule has 0 aliphatic rings. The van der Waals surface area contributed by atoms with Crippen LogP contribution >= 0.6 is 0 Å². The average molecular weight is 242 g/mol. The minimum Gasteiger partial charge on any atom is -0.478 e. The van der Waals surface area contributed by atoms with Crippen molar-refractivity contribution in [1.82, 2.24) is 4.98 Å². The molecule has 0 aliphatic carbocycles. The minimum atomic E-state index is -0.948. The third-order valence-corrected chi connectivity index (χ3v) is 2.73. The molecule has 0 atom stereocenters. The zero-order valence-electron chi connectivity index (χ0n) is 10.1. The van der Waals surface area contributed by atoms with Gasteiger partial charge >= 0.3 is 5.97 Å². The fourth-order valence-electron chi connectivity index (χ4n) is 1.65. The molecular weight excluding hydrogens is 228 g/mol. The summed E-state index contributed by atoms with van der Waals surface area (Å²) in [6.45, 7) is 2.67. The Hall–Kier alpha value is -2.36. The number of aryl methyl sites for hydroxylation is 1. The third-order valence-electron chi connectivity index (χ3n) is 2.73. The van der Waals surface area contributed by atoms with E-state index in [0.29, 0.717) is 12.4 Å². The van der Waals surface area contributed by atoms with Crippen LogP contribution in [0.3, 0.4) is 0 Å². The molecule has 0 bridgehead atoms. The summed E-state index contributed by atoms with van der Waals surface area (Å²) in [5, 5.41) is 12.0. The highest BCUT2D eigenvalue weighted by Gasteiger charge is 2.04. The van der Waals surface area contributed by atoms with Gasteiger partial charge in [-0.2, -0.15) is 0 Å². The Balaban J connectivity index is 2.09. The van der Waals surface area contributed by atoms with Crippen LogP contribution in [-0.4, -0.2) is 16.1 Å². The first kappa shape index (κ1) is 12.1. The van der Waals surface area contributed by atoms with Gasteiger partial charge in [0, 0.05) is 12.7 Å². The van der Waals surface area contributed by atoms with E-state index in [2.05, 4.69) is 10.3 Å². The summed E-state index contributed by atoms with van der Waals surface area (Å²) in [7, 11) is 0. The number of aromatic carboxylic acids is 1. The summed E-state index contributed by atoms with van der Waals surface area (Å²) in [6.07, 6.45) is 1.49. The number of rotatable bonds is 4. The van der Waals surface area contributed by atoms with Crippen LogP contribution in [0.4, 0.5) is 5.82 Å². The van der Waals surface area contributed by atoms with Crippen LogP contribution in [-0.2, 0) is 6.54 Å². The van der Waals surface area contributed by atoms with Crippen molar-refractivity contribution in [2.45, 2.75) is 13.5 Å². The zero-order valence-corrected chi connectivity index (χ0v) is 10.1. The fourth-order valence-corrected chi connectivity index (χ4v) is 1.65. The Labute approximate surface area is 105 Å². The Bertz CT molecular complexity index is 567. The predicted molar refractivity (Wildman–Crippen MR) is 69.7 cm³/mol. The van der Waals surface area contributed by atoms with E-state index in [-0.39, 0.29) is 5.56 Å². The summed E-state index contributed by atoms with van der Waals surface area (Å²) in [5.41, 5.74) is 2.59. The first-order chi connectivity index (χ1) is 8.66. The van der Waals surface area contributed by atoms with Gasteiger partial charge in [-0.25, -0.2) is 9.78 Å². The molecule has 2 aromatic rings. The van der Waals surface area contributed by atoms with E-state index in [4.69, 9.17) is 5.11 Å². The molecule has 1 aromatic heterocycles. The Morgan fingerprint density at radius 1 is 1.33 bits per heavy atom. The highest BCUT2D eigenvalue weighted by Crippen LogP contribution is 2.11. The standard InChI is InChI=1S/C14H14N2O2/c1-10-4-2-3-5-12(10)9-16-13-8-11(14(17)18)6-7-15-13/h2-8H,9H2,1H3,(H,15,16)(H,17,18). The molecule has 2 N–H and O–H groups in total. The van der Waals surface area contributed by atoms with E-state index in [0.717, 1.165) is 0 Å². The maximum atomic E-state index is 10.8. The van der Waals surface area contributed by atoms with E-state index >= 15 is 0 Å². The van der Waals surface area contributed by atoms with Crippen LogP contribution in [0.25, 0.3) is 0 Å². The number of carboxylic acids is 1. The lowest BCUT2D eigenvalue weighted by atomic mass is 10.1. The number of aromatic nitrogens is 1. The predicted octanol–water partition coefficient (Wildman–Crippen LogP) is 2.70. The number of benzene rings is 1. The van der Waals surface area contributed by atoms with Gasteiger partial charge in [-0.05, 0) is 30.2 Å². The van der Waals surface area contributed by atoms with Gasteiger partial charge in [-0.1, -0.05) is 24.3 Å². The van der Waals surface area contributed by atoms with Gasteiger partial charge in [-0.15, -0.1) is 0 Å². The molecule has 4 heteroatoms. The van der Waals surface area contributed by atoms with E-state index in [1.807, 2.05) is 31.2 Å². The van der Waals surface area contributed by atoms with Crippen molar-refractivity contribution >= 4 is 11.8 Å². The largest absolute Gasteiger partial charge is 0.478 e. The van der Waals surface area contributed by atoms with E-state index in [9.17, 15) is 4.79 Å². The summed E-state index contributed by atoms with van der Waals surface area (Å²) in [4.78, 5) is 14.9. The highest BCUT2D eigenvalue weighted by atomic mass is 16.4. The van der Waals surface area contributed by atoms with Crippen LogP contribution < -0.4 is 5.32 Å². The lowest BCUT2D eigenvalue weighted by Gasteiger charge is -2.08. The number of nitrogens with one attached hydrogen (secondary N) is 1. The highest BCUT2D eigenvalue weighted by molar-refractivity contribution is 5.88. The molecule has 4 nitrogen and oxygen atoms in total. The topological polar surface area (TPSA) is 62.2 Å². The van der Waals surface area contributed by atoms with Crippen LogP contribution in [0.2, 0.25) is 0 Å². The Kier molecular flexibility index (Phi) is 3.57. The Morgan fingerprint density at radius 3 is 2.83 bits per heavy atom. The van der Waals surface area contributed by atoms with Gasteiger partial charge in [0.25, 0.3) is 0 Å². The molecule has 0 spiro atoms. The number of nitrogens with zero attached hydrogens (tertiary/aromatic N) is 1. The van der Waals surface area contributed by atoms with Crippen molar-refractivity contribution in [3.63, 3.8) is 0 Å². The normalized spacial score (nSPS) is 10.1. The molecule has 2 rings (SSSR count). The Morgan fingerprint density at radius 2 is 2.11 bits per heavy atom. The number of hydrogen-bond donors (Lipinski definition) is 2. The summed E-state index contributed by atoms with van der Waals surface area (Å²) < 4.78 is 0. The minimum absolute atomic E-state index is 0.234. The molecule has 0 saturated heterocycles. The van der Waals surface area contributed by atoms with E-state index in [1.54, 1.807) is 0 Å². The van der Waals surface area contributed by atoms with Gasteiger partial charge in [0.15, 0.2) is 0 Å². The van der Waals surface area contributed by atoms with Crippen LogP contribution in [0.1, 0.15) is 21.5 Å². The molecule has 0 unspecified atom stereocenters. The van der Waals surface area contributed by atoms with Gasteiger partial charge < -0.3 is 10.4 Å². The summed E-state index contributed by atoms with van der Waals surface area (Å²) in [5.74, 6) is -0.380. The lowest BCUT2D eigenvalue weighted by molar-refractivity contribution is 0.0697. The average Bonchev–Trinajstić information content (AvgIpc) is 2.38. The maximum absolute atomic E-state index is 10.8. The van der Waals surface area contributed by atoms with Crippen LogP contribution in [0.15, 0.2) is 42.6 Å². The second kappa shape index (κ2) is 5.31. The van der Waals surface area contributed by atoms with Crippen molar-refractivity contribution in [2.75, 3.05) is 5.32 Å².